The lowest BCUT2D eigenvalue weighted by atomic mass is 10.0. The van der Waals surface area contributed by atoms with E-state index in [0.29, 0.717) is 35.0 Å². The first-order chi connectivity index (χ1) is 12.5. The van der Waals surface area contributed by atoms with E-state index in [1.54, 1.807) is 6.20 Å². The minimum Gasteiger partial charge on any atom is -0.361 e. The predicted molar refractivity (Wildman–Crippen MR) is 91.8 cm³/mol. The Labute approximate surface area is 148 Å². The van der Waals surface area contributed by atoms with E-state index in [1.165, 1.54) is 18.9 Å². The Morgan fingerprint density at radius 1 is 1.27 bits per heavy atom. The molecule has 0 atom stereocenters. The molecule has 7 heteroatoms. The second-order valence-corrected chi connectivity index (χ2v) is 7.49. The van der Waals surface area contributed by atoms with Crippen LogP contribution < -0.4 is 5.32 Å². The van der Waals surface area contributed by atoms with E-state index in [1.807, 2.05) is 10.7 Å². The molecule has 2 aromatic heterocycles. The summed E-state index contributed by atoms with van der Waals surface area (Å²) in [5, 5.41) is 7.91. The van der Waals surface area contributed by atoms with Gasteiger partial charge in [-0.2, -0.15) is 5.10 Å². The molecule has 0 unspecified atom stereocenters. The maximum Gasteiger partial charge on any atom is 0.271 e. The molecule has 2 aliphatic rings. The number of halogens is 2. The molecule has 1 aliphatic heterocycles. The average molecular weight is 356 g/mol. The number of carbonyl (C=O) groups excluding carboxylic acids is 1. The third-order valence-electron chi connectivity index (χ3n) is 5.58. The summed E-state index contributed by atoms with van der Waals surface area (Å²) in [5.41, 5.74) is 3.40. The van der Waals surface area contributed by atoms with Gasteiger partial charge in [0.15, 0.2) is 11.6 Å². The Kier molecular flexibility index (Phi) is 3.23. The molecule has 5 nitrogen and oxygen atoms in total. The number of benzene rings is 1. The smallest absolute Gasteiger partial charge is 0.271 e. The third kappa shape index (κ3) is 2.50. The Morgan fingerprint density at radius 2 is 2.08 bits per heavy atom. The van der Waals surface area contributed by atoms with E-state index < -0.39 is 11.6 Å². The number of fused-ring (bicyclic) bond motifs is 2. The van der Waals surface area contributed by atoms with Gasteiger partial charge in [0.1, 0.15) is 5.69 Å². The Morgan fingerprint density at radius 3 is 2.85 bits per heavy atom. The van der Waals surface area contributed by atoms with Gasteiger partial charge in [-0.25, -0.2) is 8.78 Å². The van der Waals surface area contributed by atoms with Gasteiger partial charge in [0.05, 0.1) is 0 Å². The lowest BCUT2D eigenvalue weighted by Gasteiger charge is -2.04. The number of hydrogen-bond donors (Lipinski definition) is 2. The van der Waals surface area contributed by atoms with Crippen molar-refractivity contribution in [2.75, 3.05) is 6.54 Å². The van der Waals surface area contributed by atoms with Gasteiger partial charge in [-0.1, -0.05) is 0 Å². The summed E-state index contributed by atoms with van der Waals surface area (Å²) >= 11 is 0. The number of aromatic amines is 1. The average Bonchev–Trinajstić information content (AvgIpc) is 2.90. The highest BCUT2D eigenvalue weighted by Gasteiger charge is 2.48. The second kappa shape index (κ2) is 5.40. The van der Waals surface area contributed by atoms with Crippen molar-refractivity contribution in [3.05, 3.63) is 53.0 Å². The van der Waals surface area contributed by atoms with Crippen LogP contribution >= 0.6 is 0 Å². The van der Waals surface area contributed by atoms with Crippen LogP contribution in [0.2, 0.25) is 0 Å². The van der Waals surface area contributed by atoms with Gasteiger partial charge in [-0.05, 0) is 48.8 Å². The van der Waals surface area contributed by atoms with Crippen molar-refractivity contribution in [1.29, 1.82) is 0 Å². The minimum absolute atomic E-state index is 0.200. The van der Waals surface area contributed by atoms with Crippen LogP contribution in [0.5, 0.6) is 0 Å². The molecule has 0 bridgehead atoms. The first kappa shape index (κ1) is 15.5. The Balaban J connectivity index is 1.23. The Hall–Kier alpha value is -2.70. The molecular formula is C19H18F2N4O. The first-order valence-corrected chi connectivity index (χ1v) is 8.83. The molecule has 3 aromatic rings. The van der Waals surface area contributed by atoms with Crippen LogP contribution in [-0.4, -0.2) is 27.2 Å². The maximum atomic E-state index is 13.4. The number of H-pyrrole nitrogens is 1. The second-order valence-electron chi connectivity index (χ2n) is 7.49. The monoisotopic (exact) mass is 356 g/mol. The maximum absolute atomic E-state index is 13.4. The van der Waals surface area contributed by atoms with E-state index in [4.69, 9.17) is 0 Å². The van der Waals surface area contributed by atoms with Gasteiger partial charge < -0.3 is 10.3 Å². The third-order valence-corrected chi connectivity index (χ3v) is 5.58. The molecule has 1 spiro atoms. The molecule has 2 N–H and O–H groups in total. The van der Waals surface area contributed by atoms with Crippen LogP contribution in [0, 0.1) is 17.0 Å². The van der Waals surface area contributed by atoms with E-state index in [9.17, 15) is 13.6 Å². The summed E-state index contributed by atoms with van der Waals surface area (Å²) in [6.07, 6.45) is 5.77. The van der Waals surface area contributed by atoms with Gasteiger partial charge in [-0.3, -0.25) is 9.48 Å². The topological polar surface area (TPSA) is 62.7 Å². The number of nitrogens with zero attached hydrogens (tertiary/aromatic N) is 2. The largest absolute Gasteiger partial charge is 0.361 e. The summed E-state index contributed by atoms with van der Waals surface area (Å²) in [6.45, 7) is 1.32. The SMILES string of the molecule is O=C(NCCc1c[nH]c2cc(F)c(F)cc12)c1cc2n(n1)CC1(CC1)C2. The normalized spacial score (nSPS) is 17.0. The van der Waals surface area contributed by atoms with Crippen LogP contribution in [0.25, 0.3) is 10.9 Å². The van der Waals surface area contributed by atoms with Gasteiger partial charge >= 0.3 is 0 Å². The molecule has 1 saturated carbocycles. The van der Waals surface area contributed by atoms with Gasteiger partial charge in [0, 0.05) is 41.9 Å². The quantitative estimate of drug-likeness (QED) is 0.755. The van der Waals surface area contributed by atoms with Crippen LogP contribution in [0.3, 0.4) is 0 Å². The molecule has 1 amide bonds. The zero-order chi connectivity index (χ0) is 17.9. The van der Waals surface area contributed by atoms with Crippen LogP contribution in [0.1, 0.15) is 34.6 Å². The van der Waals surface area contributed by atoms with Crippen LogP contribution in [-0.2, 0) is 19.4 Å². The van der Waals surface area contributed by atoms with Crippen molar-refractivity contribution in [3.8, 4) is 0 Å². The van der Waals surface area contributed by atoms with Gasteiger partial charge in [0.25, 0.3) is 5.91 Å². The van der Waals surface area contributed by atoms with Gasteiger partial charge in [0.2, 0.25) is 0 Å². The molecule has 26 heavy (non-hydrogen) atoms. The number of aromatic nitrogens is 3. The summed E-state index contributed by atoms with van der Waals surface area (Å²) < 4.78 is 28.7. The zero-order valence-electron chi connectivity index (χ0n) is 14.1. The number of amides is 1. The van der Waals surface area contributed by atoms with Crippen molar-refractivity contribution < 1.29 is 13.6 Å². The minimum atomic E-state index is -0.875. The van der Waals surface area contributed by atoms with E-state index in [0.717, 1.165) is 30.3 Å². The van der Waals surface area contributed by atoms with E-state index >= 15 is 0 Å². The first-order valence-electron chi connectivity index (χ1n) is 8.83. The molecule has 3 heterocycles. The molecule has 5 rings (SSSR count). The number of nitrogens with one attached hydrogen (secondary N) is 2. The molecule has 1 aliphatic carbocycles. The highest BCUT2D eigenvalue weighted by molar-refractivity contribution is 5.92. The van der Waals surface area contributed by atoms with Crippen molar-refractivity contribution in [2.45, 2.75) is 32.2 Å². The fraction of sp³-hybridized carbons (Fsp3) is 0.368. The van der Waals surface area contributed by atoms with E-state index in [-0.39, 0.29) is 5.91 Å². The number of hydrogen-bond acceptors (Lipinski definition) is 2. The summed E-state index contributed by atoms with van der Waals surface area (Å²) in [5.74, 6) is -1.95. The molecule has 0 saturated heterocycles. The van der Waals surface area contributed by atoms with Crippen LogP contribution in [0.15, 0.2) is 24.4 Å². The van der Waals surface area contributed by atoms with E-state index in [2.05, 4.69) is 15.4 Å². The van der Waals surface area contributed by atoms with Crippen LogP contribution in [0.4, 0.5) is 8.78 Å². The number of carbonyl (C=O) groups is 1. The highest BCUT2D eigenvalue weighted by atomic mass is 19.2. The predicted octanol–water partition coefficient (Wildman–Crippen LogP) is 2.95. The summed E-state index contributed by atoms with van der Waals surface area (Å²) in [4.78, 5) is 15.2. The number of rotatable bonds is 4. The molecular weight excluding hydrogens is 338 g/mol. The highest BCUT2D eigenvalue weighted by Crippen LogP contribution is 2.53. The van der Waals surface area contributed by atoms with Crippen molar-refractivity contribution >= 4 is 16.8 Å². The van der Waals surface area contributed by atoms with Crippen molar-refractivity contribution in [1.82, 2.24) is 20.1 Å². The molecule has 0 radical (unpaired) electrons. The lowest BCUT2D eigenvalue weighted by molar-refractivity contribution is 0.0948. The lowest BCUT2D eigenvalue weighted by Crippen LogP contribution is -2.26. The fourth-order valence-electron chi connectivity index (χ4n) is 3.90. The fourth-order valence-corrected chi connectivity index (χ4v) is 3.90. The Bertz CT molecular complexity index is 1010. The molecule has 1 aromatic carbocycles. The zero-order valence-corrected chi connectivity index (χ0v) is 14.1. The van der Waals surface area contributed by atoms with Gasteiger partial charge in [-0.15, -0.1) is 0 Å². The summed E-state index contributed by atoms with van der Waals surface area (Å²) in [7, 11) is 0. The molecule has 134 valence electrons. The summed E-state index contributed by atoms with van der Waals surface area (Å²) in [6, 6.07) is 4.21. The molecule has 1 fully saturated rings. The standard InChI is InChI=1S/C19H18F2N4O/c20-14-6-13-11(9-23-16(13)7-15(14)21)1-4-22-18(26)17-5-12-8-19(2-3-19)10-25(12)24-17/h5-7,9,23H,1-4,8,10H2,(H,22,26). The van der Waals surface area contributed by atoms with Crippen molar-refractivity contribution in [2.24, 2.45) is 5.41 Å². The van der Waals surface area contributed by atoms with Crippen molar-refractivity contribution in [3.63, 3.8) is 0 Å².